The Labute approximate surface area is 217 Å². The minimum atomic E-state index is -0.704. The first-order valence-electron chi connectivity index (χ1n) is 11.6. The second kappa shape index (κ2) is 11.5. The first-order valence-corrected chi connectivity index (χ1v) is 12.0. The number of aromatic nitrogens is 2. The van der Waals surface area contributed by atoms with Crippen molar-refractivity contribution in [2.24, 2.45) is 0 Å². The average molecular weight is 527 g/mol. The zero-order valence-corrected chi connectivity index (χ0v) is 21.0. The highest BCUT2D eigenvalue weighted by molar-refractivity contribution is 6.30. The van der Waals surface area contributed by atoms with Crippen molar-refractivity contribution in [2.75, 3.05) is 25.6 Å². The van der Waals surface area contributed by atoms with E-state index in [1.807, 2.05) is 6.92 Å². The largest absolute Gasteiger partial charge is 0.383 e. The van der Waals surface area contributed by atoms with Crippen molar-refractivity contribution in [3.8, 4) is 5.69 Å². The number of hydrogen-bond donors (Lipinski definition) is 1. The van der Waals surface area contributed by atoms with Gasteiger partial charge in [-0.25, -0.2) is 18.6 Å². The van der Waals surface area contributed by atoms with E-state index in [0.717, 1.165) is 0 Å². The smallest absolute Gasteiger partial charge is 0.322 e. The van der Waals surface area contributed by atoms with Crippen LogP contribution in [-0.2, 0) is 4.74 Å². The highest BCUT2D eigenvalue weighted by atomic mass is 35.5. The molecule has 1 atom stereocenters. The minimum Gasteiger partial charge on any atom is -0.383 e. The first-order chi connectivity index (χ1) is 17.8. The molecule has 1 heterocycles. The van der Waals surface area contributed by atoms with Crippen LogP contribution in [0.15, 0.2) is 71.5 Å². The van der Waals surface area contributed by atoms with E-state index in [2.05, 4.69) is 5.32 Å². The maximum absolute atomic E-state index is 14.0. The summed E-state index contributed by atoms with van der Waals surface area (Å²) in [4.78, 5) is 33.4. The number of urea groups is 1. The number of nitrogens with zero attached hydrogens (tertiary/aromatic N) is 3. The van der Waals surface area contributed by atoms with Gasteiger partial charge in [0.25, 0.3) is 5.56 Å². The number of ether oxygens (including phenoxy) is 1. The molecule has 0 radical (unpaired) electrons. The molecule has 1 N–H and O–H groups in total. The molecule has 2 amide bonds. The summed E-state index contributed by atoms with van der Waals surface area (Å²) < 4.78 is 34.3. The maximum atomic E-state index is 14.0. The Kier molecular flexibility index (Phi) is 8.15. The van der Waals surface area contributed by atoms with Crippen molar-refractivity contribution in [1.29, 1.82) is 0 Å². The standard InChI is InChI=1S/C27H25ClF2N4O3/c1-3-24(33(13-14-37-2)27(36)31-18-8-6-7-17(29)15-18)25-32-23-10-5-4-9-20(23)26(35)34(25)19-11-12-22(30)21(28)16-19/h4-12,15-16,24H,3,13-14H2,1-2H3,(H,31,36). The van der Waals surface area contributed by atoms with Crippen LogP contribution < -0.4 is 10.9 Å². The number of rotatable bonds is 8. The fourth-order valence-electron chi connectivity index (χ4n) is 4.14. The van der Waals surface area contributed by atoms with E-state index in [9.17, 15) is 18.4 Å². The van der Waals surface area contributed by atoms with Crippen molar-refractivity contribution in [3.05, 3.63) is 99.6 Å². The summed E-state index contributed by atoms with van der Waals surface area (Å²) in [6.45, 7) is 2.21. The van der Waals surface area contributed by atoms with Gasteiger partial charge in [0.1, 0.15) is 17.5 Å². The predicted molar refractivity (Wildman–Crippen MR) is 139 cm³/mol. The van der Waals surface area contributed by atoms with Crippen LogP contribution in [0.2, 0.25) is 5.02 Å². The molecule has 0 saturated carbocycles. The van der Waals surface area contributed by atoms with Crippen LogP contribution in [0.3, 0.4) is 0 Å². The third-order valence-corrected chi connectivity index (χ3v) is 6.19. The summed E-state index contributed by atoms with van der Waals surface area (Å²) in [5.41, 5.74) is 0.637. The van der Waals surface area contributed by atoms with E-state index in [1.54, 1.807) is 30.3 Å². The van der Waals surface area contributed by atoms with Gasteiger partial charge in [-0.1, -0.05) is 36.7 Å². The van der Waals surface area contributed by atoms with Crippen LogP contribution in [0.4, 0.5) is 19.3 Å². The van der Waals surface area contributed by atoms with E-state index >= 15 is 0 Å². The Bertz CT molecular complexity index is 1490. The molecule has 0 aliphatic heterocycles. The van der Waals surface area contributed by atoms with Crippen molar-refractivity contribution < 1.29 is 18.3 Å². The number of halogens is 3. The van der Waals surface area contributed by atoms with Gasteiger partial charge in [0.05, 0.1) is 34.3 Å². The predicted octanol–water partition coefficient (Wildman–Crippen LogP) is 5.95. The quantitative estimate of drug-likeness (QED) is 0.308. The molecule has 37 heavy (non-hydrogen) atoms. The van der Waals surface area contributed by atoms with Crippen LogP contribution >= 0.6 is 11.6 Å². The van der Waals surface area contributed by atoms with Gasteiger partial charge in [-0.15, -0.1) is 0 Å². The Hall–Kier alpha value is -3.82. The van der Waals surface area contributed by atoms with Crippen LogP contribution in [0.25, 0.3) is 16.6 Å². The fraction of sp³-hybridized carbons (Fsp3) is 0.222. The maximum Gasteiger partial charge on any atom is 0.322 e. The monoisotopic (exact) mass is 526 g/mol. The Morgan fingerprint density at radius 2 is 1.92 bits per heavy atom. The zero-order valence-electron chi connectivity index (χ0n) is 20.2. The number of para-hydroxylation sites is 1. The molecular formula is C27H25ClF2N4O3. The second-order valence-corrected chi connectivity index (χ2v) is 8.68. The van der Waals surface area contributed by atoms with E-state index in [-0.39, 0.29) is 35.2 Å². The van der Waals surface area contributed by atoms with Crippen LogP contribution in [0.1, 0.15) is 25.2 Å². The fourth-order valence-corrected chi connectivity index (χ4v) is 4.31. The number of amides is 2. The van der Waals surface area contributed by atoms with Gasteiger partial charge in [-0.3, -0.25) is 9.36 Å². The van der Waals surface area contributed by atoms with Crippen LogP contribution in [-0.4, -0.2) is 40.7 Å². The van der Waals surface area contributed by atoms with Crippen LogP contribution in [0, 0.1) is 11.6 Å². The SMILES string of the molecule is CCC(c1nc2ccccc2c(=O)n1-c1ccc(F)c(Cl)c1)N(CCOC)C(=O)Nc1cccc(F)c1. The van der Waals surface area contributed by atoms with Gasteiger partial charge in [0, 0.05) is 19.3 Å². The third kappa shape index (κ3) is 5.63. The molecule has 7 nitrogen and oxygen atoms in total. The van der Waals surface area contributed by atoms with E-state index in [1.165, 1.54) is 53.0 Å². The number of methoxy groups -OCH3 is 1. The first kappa shape index (κ1) is 26.2. The number of benzene rings is 3. The molecule has 1 aromatic heterocycles. The molecule has 4 rings (SSSR count). The number of carbonyl (C=O) groups excluding carboxylic acids is 1. The lowest BCUT2D eigenvalue weighted by molar-refractivity contribution is 0.131. The molecule has 10 heteroatoms. The molecule has 192 valence electrons. The molecule has 0 aliphatic carbocycles. The highest BCUT2D eigenvalue weighted by Gasteiger charge is 2.29. The van der Waals surface area contributed by atoms with Gasteiger partial charge in [0.15, 0.2) is 0 Å². The van der Waals surface area contributed by atoms with Gasteiger partial charge >= 0.3 is 6.03 Å². The minimum absolute atomic E-state index is 0.156. The molecular weight excluding hydrogens is 502 g/mol. The van der Waals surface area contributed by atoms with Crippen molar-refractivity contribution in [1.82, 2.24) is 14.5 Å². The lowest BCUT2D eigenvalue weighted by Gasteiger charge is -2.32. The number of hydrogen-bond acceptors (Lipinski definition) is 4. The molecule has 0 saturated heterocycles. The molecule has 3 aromatic carbocycles. The summed E-state index contributed by atoms with van der Waals surface area (Å²) in [6.07, 6.45) is 0.375. The summed E-state index contributed by atoms with van der Waals surface area (Å²) in [5, 5.41) is 2.91. The normalized spacial score (nSPS) is 11.9. The molecule has 4 aromatic rings. The second-order valence-electron chi connectivity index (χ2n) is 8.28. The van der Waals surface area contributed by atoms with Crippen LogP contribution in [0.5, 0.6) is 0 Å². The Morgan fingerprint density at radius 3 is 2.62 bits per heavy atom. The zero-order chi connectivity index (χ0) is 26.5. The van der Waals surface area contributed by atoms with Gasteiger partial charge in [-0.2, -0.15) is 0 Å². The summed E-state index contributed by atoms with van der Waals surface area (Å²) in [5.74, 6) is -0.858. The lowest BCUT2D eigenvalue weighted by atomic mass is 10.1. The van der Waals surface area contributed by atoms with E-state index in [0.29, 0.717) is 23.0 Å². The molecule has 1 unspecified atom stereocenters. The Morgan fingerprint density at radius 1 is 1.14 bits per heavy atom. The molecule has 0 fully saturated rings. The Balaban J connectivity index is 1.88. The summed E-state index contributed by atoms with van der Waals surface area (Å²) >= 11 is 6.05. The molecule has 0 bridgehead atoms. The van der Waals surface area contributed by atoms with E-state index in [4.69, 9.17) is 21.3 Å². The van der Waals surface area contributed by atoms with Gasteiger partial charge < -0.3 is 15.0 Å². The number of anilines is 1. The molecule has 0 spiro atoms. The molecule has 0 aliphatic rings. The highest BCUT2D eigenvalue weighted by Crippen LogP contribution is 2.28. The number of carbonyl (C=O) groups is 1. The van der Waals surface area contributed by atoms with Crippen molar-refractivity contribution in [2.45, 2.75) is 19.4 Å². The topological polar surface area (TPSA) is 76.5 Å². The third-order valence-electron chi connectivity index (χ3n) is 5.90. The number of fused-ring (bicyclic) bond motifs is 1. The lowest BCUT2D eigenvalue weighted by Crippen LogP contribution is -2.42. The average Bonchev–Trinajstić information content (AvgIpc) is 2.88. The van der Waals surface area contributed by atoms with Gasteiger partial charge in [-0.05, 0) is 55.0 Å². The van der Waals surface area contributed by atoms with E-state index < -0.39 is 23.7 Å². The van der Waals surface area contributed by atoms with Gasteiger partial charge in [0.2, 0.25) is 0 Å². The summed E-state index contributed by atoms with van der Waals surface area (Å²) in [6, 6.07) is 15.1. The number of nitrogens with one attached hydrogen (secondary N) is 1. The van der Waals surface area contributed by atoms with Crippen molar-refractivity contribution in [3.63, 3.8) is 0 Å². The summed E-state index contributed by atoms with van der Waals surface area (Å²) in [7, 11) is 1.51. The van der Waals surface area contributed by atoms with Crippen molar-refractivity contribution >= 4 is 34.2 Å².